The van der Waals surface area contributed by atoms with Crippen LogP contribution < -0.4 is 10.0 Å². The molecule has 1 rings (SSSR count). The fourth-order valence-electron chi connectivity index (χ4n) is 1.57. The van der Waals surface area contributed by atoms with E-state index in [2.05, 4.69) is 10.0 Å². The van der Waals surface area contributed by atoms with E-state index in [9.17, 15) is 8.42 Å². The summed E-state index contributed by atoms with van der Waals surface area (Å²) in [5, 5.41) is 2.89. The monoisotopic (exact) mass is 250 g/mol. The lowest BCUT2D eigenvalue weighted by Gasteiger charge is -2.27. The normalized spacial score (nSPS) is 19.9. The number of nitrogens with one attached hydrogen (secondary N) is 2. The fraction of sp³-hybridized carbons (Fsp3) is 1.00. The van der Waals surface area contributed by atoms with Crippen molar-refractivity contribution in [1.82, 2.24) is 10.0 Å². The van der Waals surface area contributed by atoms with Crippen molar-refractivity contribution in [2.45, 2.75) is 37.5 Å². The highest BCUT2D eigenvalue weighted by molar-refractivity contribution is 7.90. The zero-order chi connectivity index (χ0) is 12.2. The molecule has 5 nitrogen and oxygen atoms in total. The first-order valence-corrected chi connectivity index (χ1v) is 7.16. The van der Waals surface area contributed by atoms with Crippen molar-refractivity contribution in [1.29, 1.82) is 0 Å². The van der Waals surface area contributed by atoms with Crippen LogP contribution in [0.15, 0.2) is 0 Å². The van der Waals surface area contributed by atoms with Crippen LogP contribution in [0.5, 0.6) is 0 Å². The second-order valence-electron chi connectivity index (χ2n) is 4.78. The van der Waals surface area contributed by atoms with E-state index in [4.69, 9.17) is 4.74 Å². The zero-order valence-corrected chi connectivity index (χ0v) is 11.1. The number of methoxy groups -OCH3 is 1. The van der Waals surface area contributed by atoms with Gasteiger partial charge >= 0.3 is 0 Å². The third-order valence-corrected chi connectivity index (χ3v) is 4.87. The van der Waals surface area contributed by atoms with E-state index in [1.165, 1.54) is 0 Å². The molecule has 0 radical (unpaired) electrons. The summed E-state index contributed by atoms with van der Waals surface area (Å²) >= 11 is 0. The van der Waals surface area contributed by atoms with Crippen molar-refractivity contribution in [3.05, 3.63) is 0 Å². The Labute approximate surface area is 98.0 Å². The van der Waals surface area contributed by atoms with Gasteiger partial charge in [-0.2, -0.15) is 0 Å². The number of piperidine rings is 1. The Morgan fingerprint density at radius 3 is 2.44 bits per heavy atom. The molecule has 2 N–H and O–H groups in total. The van der Waals surface area contributed by atoms with Crippen molar-refractivity contribution in [2.24, 2.45) is 0 Å². The predicted molar refractivity (Wildman–Crippen MR) is 63.9 cm³/mol. The van der Waals surface area contributed by atoms with Crippen LogP contribution in [0.1, 0.15) is 26.7 Å². The van der Waals surface area contributed by atoms with E-state index in [1.807, 2.05) is 13.8 Å². The van der Waals surface area contributed by atoms with Gasteiger partial charge < -0.3 is 10.1 Å². The van der Waals surface area contributed by atoms with E-state index in [-0.39, 0.29) is 5.25 Å². The second-order valence-corrected chi connectivity index (χ2v) is 6.82. The Morgan fingerprint density at radius 1 is 1.38 bits per heavy atom. The summed E-state index contributed by atoms with van der Waals surface area (Å²) in [4.78, 5) is 0. The fourth-order valence-corrected chi connectivity index (χ4v) is 3.21. The van der Waals surface area contributed by atoms with Crippen molar-refractivity contribution in [3.63, 3.8) is 0 Å². The first-order valence-electron chi connectivity index (χ1n) is 5.62. The van der Waals surface area contributed by atoms with Gasteiger partial charge in [0.1, 0.15) is 0 Å². The number of sulfonamides is 1. The molecule has 16 heavy (non-hydrogen) atoms. The Balaban J connectivity index is 2.51. The third-order valence-electron chi connectivity index (χ3n) is 2.98. The minimum Gasteiger partial charge on any atom is -0.377 e. The lowest BCUT2D eigenvalue weighted by atomic mass is 10.1. The van der Waals surface area contributed by atoms with Gasteiger partial charge in [-0.25, -0.2) is 13.1 Å². The lowest BCUT2D eigenvalue weighted by Crippen LogP contribution is -2.46. The second kappa shape index (κ2) is 5.44. The van der Waals surface area contributed by atoms with Crippen LogP contribution in [0, 0.1) is 0 Å². The van der Waals surface area contributed by atoms with Gasteiger partial charge in [-0.3, -0.25) is 0 Å². The number of ether oxygens (including phenoxy) is 1. The van der Waals surface area contributed by atoms with E-state index < -0.39 is 15.6 Å². The van der Waals surface area contributed by atoms with E-state index >= 15 is 0 Å². The average molecular weight is 250 g/mol. The molecule has 6 heteroatoms. The molecule has 0 bridgehead atoms. The Morgan fingerprint density at radius 2 is 1.94 bits per heavy atom. The standard InChI is InChI=1S/C10H22N2O3S/c1-10(2,15-3)8-12-16(13,14)9-4-6-11-7-5-9/h9,11-12H,4-8H2,1-3H3. The molecule has 1 fully saturated rings. The van der Waals surface area contributed by atoms with Crippen LogP contribution >= 0.6 is 0 Å². The molecule has 0 aromatic heterocycles. The van der Waals surface area contributed by atoms with Gasteiger partial charge in [-0.05, 0) is 39.8 Å². The smallest absolute Gasteiger partial charge is 0.214 e. The molecule has 1 aliphatic rings. The third kappa shape index (κ3) is 4.01. The molecule has 0 aliphatic carbocycles. The number of hydrogen-bond acceptors (Lipinski definition) is 4. The van der Waals surface area contributed by atoms with Crippen molar-refractivity contribution >= 4 is 10.0 Å². The number of rotatable bonds is 5. The topological polar surface area (TPSA) is 67.4 Å². The van der Waals surface area contributed by atoms with Gasteiger partial charge in [0, 0.05) is 13.7 Å². The van der Waals surface area contributed by atoms with Crippen molar-refractivity contribution in [3.8, 4) is 0 Å². The summed E-state index contributed by atoms with van der Waals surface area (Å²) in [5.74, 6) is 0. The molecular weight excluding hydrogens is 228 g/mol. The summed E-state index contributed by atoms with van der Waals surface area (Å²) < 4.78 is 31.7. The summed E-state index contributed by atoms with van der Waals surface area (Å²) in [6.07, 6.45) is 1.37. The quantitative estimate of drug-likeness (QED) is 0.725. The van der Waals surface area contributed by atoms with Crippen LogP contribution in [-0.4, -0.2) is 46.0 Å². The minimum absolute atomic E-state index is 0.263. The van der Waals surface area contributed by atoms with Gasteiger partial charge in [-0.15, -0.1) is 0 Å². The first kappa shape index (κ1) is 13.9. The lowest BCUT2D eigenvalue weighted by molar-refractivity contribution is 0.0275. The predicted octanol–water partition coefficient (Wildman–Crippen LogP) is 0.0828. The van der Waals surface area contributed by atoms with Gasteiger partial charge in [0.25, 0.3) is 0 Å². The van der Waals surface area contributed by atoms with Crippen LogP contribution in [0.25, 0.3) is 0 Å². The SMILES string of the molecule is COC(C)(C)CNS(=O)(=O)C1CCNCC1. The highest BCUT2D eigenvalue weighted by Gasteiger charge is 2.28. The molecule has 1 saturated heterocycles. The van der Waals surface area contributed by atoms with Gasteiger partial charge in [0.2, 0.25) is 10.0 Å². The van der Waals surface area contributed by atoms with E-state index in [1.54, 1.807) is 7.11 Å². The molecule has 0 unspecified atom stereocenters. The maximum Gasteiger partial charge on any atom is 0.214 e. The largest absolute Gasteiger partial charge is 0.377 e. The minimum atomic E-state index is -3.20. The highest BCUT2D eigenvalue weighted by Crippen LogP contribution is 2.13. The van der Waals surface area contributed by atoms with E-state index in [0.717, 1.165) is 13.1 Å². The zero-order valence-electron chi connectivity index (χ0n) is 10.2. The van der Waals surface area contributed by atoms with Gasteiger partial charge in [-0.1, -0.05) is 0 Å². The molecule has 1 aliphatic heterocycles. The summed E-state index contributed by atoms with van der Waals surface area (Å²) in [6.45, 7) is 5.59. The number of hydrogen-bond donors (Lipinski definition) is 2. The van der Waals surface area contributed by atoms with Crippen LogP contribution in [0.3, 0.4) is 0 Å². The molecule has 1 heterocycles. The van der Waals surface area contributed by atoms with Crippen molar-refractivity contribution in [2.75, 3.05) is 26.7 Å². The molecule has 0 aromatic carbocycles. The van der Waals surface area contributed by atoms with Crippen LogP contribution in [0.2, 0.25) is 0 Å². The molecular formula is C10H22N2O3S. The Bertz CT molecular complexity index is 308. The van der Waals surface area contributed by atoms with E-state index in [0.29, 0.717) is 19.4 Å². The molecule has 0 amide bonds. The molecule has 96 valence electrons. The maximum absolute atomic E-state index is 12.0. The molecule has 0 saturated carbocycles. The maximum atomic E-state index is 12.0. The summed E-state index contributed by atoms with van der Waals surface area (Å²) in [5.41, 5.74) is -0.458. The Hall–Kier alpha value is -0.170. The van der Waals surface area contributed by atoms with Gasteiger partial charge in [0.05, 0.1) is 10.9 Å². The van der Waals surface area contributed by atoms with Gasteiger partial charge in [0.15, 0.2) is 0 Å². The molecule has 0 aromatic rings. The van der Waals surface area contributed by atoms with Crippen LogP contribution in [0.4, 0.5) is 0 Å². The average Bonchev–Trinajstić information content (AvgIpc) is 2.28. The highest BCUT2D eigenvalue weighted by atomic mass is 32.2. The summed E-state index contributed by atoms with van der Waals surface area (Å²) in [7, 11) is -1.61. The van der Waals surface area contributed by atoms with Crippen molar-refractivity contribution < 1.29 is 13.2 Å². The summed E-state index contributed by atoms with van der Waals surface area (Å²) in [6, 6.07) is 0. The molecule has 0 atom stereocenters. The van der Waals surface area contributed by atoms with Crippen LogP contribution in [-0.2, 0) is 14.8 Å². The first-order chi connectivity index (χ1) is 7.37. The molecule has 0 spiro atoms. The Kier molecular flexibility index (Phi) is 4.73.